The Morgan fingerprint density at radius 2 is 1.61 bits per heavy atom. The first-order valence-corrected chi connectivity index (χ1v) is 15.8. The number of imidazole rings is 2. The number of phosphoric ester groups is 2. The number of nitrogens with two attached hydrogens (primary N) is 2. The summed E-state index contributed by atoms with van der Waals surface area (Å²) in [4.78, 5) is 63.2. The Hall–Kier alpha value is -3.43. The van der Waals surface area contributed by atoms with Crippen LogP contribution in [0.3, 0.4) is 0 Å². The van der Waals surface area contributed by atoms with E-state index in [2.05, 4.69) is 34.4 Å². The van der Waals surface area contributed by atoms with E-state index in [1.54, 1.807) is 0 Å². The molecule has 2 fully saturated rings. The number of rotatable bonds is 10. The number of aromatic amines is 1. The van der Waals surface area contributed by atoms with Crippen LogP contribution in [0.1, 0.15) is 25.3 Å². The van der Waals surface area contributed by atoms with Crippen LogP contribution in [-0.2, 0) is 32.2 Å². The van der Waals surface area contributed by atoms with E-state index in [1.165, 1.54) is 28.1 Å². The minimum atomic E-state index is -4.95. The van der Waals surface area contributed by atoms with E-state index < -0.39 is 71.4 Å². The van der Waals surface area contributed by atoms with Crippen molar-refractivity contribution >= 4 is 49.7 Å². The molecule has 21 nitrogen and oxygen atoms in total. The average molecular weight is 662 g/mol. The number of anilines is 2. The molecule has 4 aromatic heterocycles. The van der Waals surface area contributed by atoms with Crippen LogP contribution >= 0.6 is 15.6 Å². The molecule has 7 atom stereocenters. The average Bonchev–Trinajstić information content (AvgIpc) is 3.71. The monoisotopic (exact) mass is 662 g/mol. The third-order valence-electron chi connectivity index (χ3n) is 6.88. The number of hydrogen-bond acceptors (Lipinski definition) is 15. The quantitative estimate of drug-likeness (QED) is 0.118. The predicted octanol–water partition coefficient (Wildman–Crippen LogP) is -0.352. The van der Waals surface area contributed by atoms with Gasteiger partial charge in [-0.3, -0.25) is 32.5 Å². The lowest BCUT2D eigenvalue weighted by molar-refractivity contribution is -0.0505. The smallest absolute Gasteiger partial charge is 0.382 e. The number of H-pyrrole nitrogens is 1. The molecule has 24 heteroatoms. The molecule has 0 saturated carbocycles. The van der Waals surface area contributed by atoms with Gasteiger partial charge in [-0.05, 0) is 0 Å². The van der Waals surface area contributed by atoms with E-state index in [0.717, 1.165) is 0 Å². The molecule has 6 rings (SSSR count). The summed E-state index contributed by atoms with van der Waals surface area (Å²) < 4.78 is 68.3. The number of nitrogen functional groups attached to an aromatic ring is 2. The van der Waals surface area contributed by atoms with E-state index in [-0.39, 0.29) is 46.9 Å². The van der Waals surface area contributed by atoms with Gasteiger partial charge in [0.25, 0.3) is 5.56 Å². The standard InChI is InChI=1S/C20H25FN10O11P2/c21-8-1-12(31-7-27-15-18(31)28-20(23)29-19(15)32)40-10(8)3-39-44(36,37)42-9-2-13(41-11(9)4-38-43(33,34)35)30-6-26-14-16(22)24-5-25-17(14)30/h5-13H,1-4H2,(H,36,37)(H2,22,24,25)(H2,33,34,35)(H3,23,28,29,32)/t8-,9-,10+,11+,12+,13+/m0/s1. The first kappa shape index (κ1) is 30.6. The number of nitrogens with zero attached hydrogens (tertiary/aromatic N) is 7. The minimum Gasteiger partial charge on any atom is -0.382 e. The Morgan fingerprint density at radius 3 is 2.36 bits per heavy atom. The maximum atomic E-state index is 14.9. The Morgan fingerprint density at radius 1 is 0.955 bits per heavy atom. The lowest BCUT2D eigenvalue weighted by Crippen LogP contribution is -2.29. The molecular weight excluding hydrogens is 637 g/mol. The molecular formula is C20H25FN10O11P2. The summed E-state index contributed by atoms with van der Waals surface area (Å²) in [7, 11) is -9.91. The molecule has 0 spiro atoms. The van der Waals surface area contributed by atoms with Crippen LogP contribution in [0.5, 0.6) is 0 Å². The topological polar surface area (TPSA) is 300 Å². The van der Waals surface area contributed by atoms with Crippen LogP contribution in [0.15, 0.2) is 23.8 Å². The van der Waals surface area contributed by atoms with E-state index in [1.807, 2.05) is 0 Å². The van der Waals surface area contributed by atoms with Crippen molar-refractivity contribution in [3.05, 3.63) is 29.3 Å². The Balaban J connectivity index is 1.13. The second-order valence-corrected chi connectivity index (χ2v) is 12.4. The van der Waals surface area contributed by atoms with Crippen LogP contribution in [-0.4, -0.2) is 91.4 Å². The van der Waals surface area contributed by atoms with Crippen molar-refractivity contribution in [2.75, 3.05) is 24.7 Å². The lowest BCUT2D eigenvalue weighted by atomic mass is 10.2. The third-order valence-corrected chi connectivity index (χ3v) is 8.38. The van der Waals surface area contributed by atoms with Crippen molar-refractivity contribution in [1.29, 1.82) is 0 Å². The highest BCUT2D eigenvalue weighted by atomic mass is 31.2. The first-order valence-electron chi connectivity index (χ1n) is 12.7. The van der Waals surface area contributed by atoms with E-state index in [9.17, 15) is 23.2 Å². The highest BCUT2D eigenvalue weighted by Crippen LogP contribution is 2.50. The number of halogens is 1. The lowest BCUT2D eigenvalue weighted by Gasteiger charge is -2.22. The van der Waals surface area contributed by atoms with Gasteiger partial charge >= 0.3 is 15.6 Å². The fourth-order valence-electron chi connectivity index (χ4n) is 4.92. The number of hydrogen-bond donors (Lipinski definition) is 6. The number of aromatic nitrogens is 8. The first-order chi connectivity index (χ1) is 20.8. The van der Waals surface area contributed by atoms with Gasteiger partial charge in [0.15, 0.2) is 22.6 Å². The SMILES string of the molecule is Nc1nc2c(ncn2[C@H]2C[C@H](F)[C@@H](COP(=O)(O)O[C@H]3C[C@H](n4cnc5c(N)ncnc54)O[C@@H]3COP(=O)(O)O)O2)c(=O)[nH]1. The summed E-state index contributed by atoms with van der Waals surface area (Å²) in [6.45, 7) is -1.45. The van der Waals surface area contributed by atoms with E-state index in [0.29, 0.717) is 0 Å². The van der Waals surface area contributed by atoms with Crippen LogP contribution in [0.4, 0.5) is 16.2 Å². The normalized spacial score (nSPS) is 27.4. The summed E-state index contributed by atoms with van der Waals surface area (Å²) in [5.41, 5.74) is 11.4. The number of fused-ring (bicyclic) bond motifs is 2. The fraction of sp³-hybridized carbons (Fsp3) is 0.500. The molecule has 6 heterocycles. The van der Waals surface area contributed by atoms with Crippen molar-refractivity contribution < 1.29 is 51.2 Å². The van der Waals surface area contributed by atoms with E-state index >= 15 is 0 Å². The minimum absolute atomic E-state index is 0.0415. The third kappa shape index (κ3) is 6.22. The fourth-order valence-corrected chi connectivity index (χ4v) is 6.22. The molecule has 1 unspecified atom stereocenters. The molecule has 0 radical (unpaired) electrons. The highest BCUT2D eigenvalue weighted by Gasteiger charge is 2.44. The zero-order valence-electron chi connectivity index (χ0n) is 22.2. The van der Waals surface area contributed by atoms with Crippen molar-refractivity contribution in [1.82, 2.24) is 39.0 Å². The van der Waals surface area contributed by atoms with E-state index in [4.69, 9.17) is 39.8 Å². The summed E-state index contributed by atoms with van der Waals surface area (Å²) in [5, 5.41) is 0. The Kier molecular flexibility index (Phi) is 7.99. The Bertz CT molecular complexity index is 1850. The van der Waals surface area contributed by atoms with Crippen LogP contribution < -0.4 is 17.0 Å². The van der Waals surface area contributed by atoms with Gasteiger partial charge in [-0.1, -0.05) is 0 Å². The zero-order chi connectivity index (χ0) is 31.4. The maximum Gasteiger partial charge on any atom is 0.472 e. The highest BCUT2D eigenvalue weighted by molar-refractivity contribution is 7.47. The molecule has 0 aromatic carbocycles. The van der Waals surface area contributed by atoms with Gasteiger partial charge in [0, 0.05) is 12.8 Å². The summed E-state index contributed by atoms with van der Waals surface area (Å²) >= 11 is 0. The van der Waals surface area contributed by atoms with Crippen LogP contribution in [0, 0.1) is 0 Å². The predicted molar refractivity (Wildman–Crippen MR) is 143 cm³/mol. The van der Waals surface area contributed by atoms with Gasteiger partial charge in [0.1, 0.15) is 48.8 Å². The van der Waals surface area contributed by atoms with Crippen molar-refractivity contribution in [3.8, 4) is 0 Å². The molecule has 2 aliphatic heterocycles. The van der Waals surface area contributed by atoms with Gasteiger partial charge in [0.05, 0.1) is 25.9 Å². The molecule has 2 saturated heterocycles. The molecule has 0 aliphatic carbocycles. The molecule has 8 N–H and O–H groups in total. The summed E-state index contributed by atoms with van der Waals surface area (Å²) in [5.74, 6) is -0.0921. The summed E-state index contributed by atoms with van der Waals surface area (Å²) in [6.07, 6.45) is -4.12. The number of phosphoric acid groups is 2. The van der Waals surface area contributed by atoms with Gasteiger partial charge in [-0.15, -0.1) is 0 Å². The molecule has 238 valence electrons. The van der Waals surface area contributed by atoms with Crippen LogP contribution in [0.2, 0.25) is 0 Å². The van der Waals surface area contributed by atoms with Gasteiger partial charge in [-0.25, -0.2) is 33.5 Å². The maximum absolute atomic E-state index is 14.9. The molecule has 2 aliphatic rings. The number of alkyl halides is 1. The Labute approximate surface area is 244 Å². The van der Waals surface area contributed by atoms with Crippen molar-refractivity contribution in [2.24, 2.45) is 0 Å². The second kappa shape index (κ2) is 11.5. The molecule has 44 heavy (non-hydrogen) atoms. The zero-order valence-corrected chi connectivity index (χ0v) is 24.0. The number of ether oxygens (including phenoxy) is 2. The molecule has 4 aromatic rings. The van der Waals surface area contributed by atoms with Crippen LogP contribution in [0.25, 0.3) is 22.3 Å². The second-order valence-electron chi connectivity index (χ2n) is 9.80. The molecule has 0 bridgehead atoms. The van der Waals surface area contributed by atoms with Crippen molar-refractivity contribution in [3.63, 3.8) is 0 Å². The summed E-state index contributed by atoms with van der Waals surface area (Å²) in [6, 6.07) is 0. The van der Waals surface area contributed by atoms with Gasteiger partial charge in [-0.2, -0.15) is 4.98 Å². The van der Waals surface area contributed by atoms with Crippen molar-refractivity contribution in [2.45, 2.75) is 49.8 Å². The van der Waals surface area contributed by atoms with Gasteiger partial charge < -0.3 is 35.6 Å². The molecule has 0 amide bonds. The number of nitrogens with one attached hydrogen (secondary N) is 1. The van der Waals surface area contributed by atoms with Gasteiger partial charge in [0.2, 0.25) is 5.95 Å². The largest absolute Gasteiger partial charge is 0.472 e.